The van der Waals surface area contributed by atoms with Crippen LogP contribution in [0.3, 0.4) is 0 Å². The summed E-state index contributed by atoms with van der Waals surface area (Å²) in [5.41, 5.74) is 0. The lowest BCUT2D eigenvalue weighted by atomic mass is 10.1. The quantitative estimate of drug-likeness (QED) is 0.515. The Balaban J connectivity index is 2.56. The number of aliphatic hydroxyl groups excluding tert-OH is 1. The van der Waals surface area contributed by atoms with Crippen LogP contribution in [0.15, 0.2) is 12.2 Å². The molecule has 1 unspecified atom stereocenters. The minimum Gasteiger partial charge on any atom is -0.390 e. The van der Waals surface area contributed by atoms with Gasteiger partial charge in [0.05, 0.1) is 12.2 Å². The van der Waals surface area contributed by atoms with E-state index in [0.717, 1.165) is 12.8 Å². The molecule has 0 saturated heterocycles. The summed E-state index contributed by atoms with van der Waals surface area (Å²) in [5, 5.41) is 9.59. The second kappa shape index (κ2) is 5.06. The largest absolute Gasteiger partial charge is 0.390 e. The standard InChI is InChI=1S/C11H16O2/c1-3-9-7-5-6-8-11(13-9)10(12)4-2/h1,5-6,9-12H,4,7-8H2,2H3/t9-,10?,11-/m1/s1. The van der Waals surface area contributed by atoms with Gasteiger partial charge in [0, 0.05) is 6.42 Å². The lowest BCUT2D eigenvalue weighted by molar-refractivity contribution is -0.0535. The fraction of sp³-hybridized carbons (Fsp3) is 0.636. The van der Waals surface area contributed by atoms with Crippen molar-refractivity contribution >= 4 is 0 Å². The van der Waals surface area contributed by atoms with Crippen LogP contribution in [0.5, 0.6) is 0 Å². The fourth-order valence-electron chi connectivity index (χ4n) is 1.39. The summed E-state index contributed by atoms with van der Waals surface area (Å²) >= 11 is 0. The molecule has 0 aromatic carbocycles. The Kier molecular flexibility index (Phi) is 4.01. The van der Waals surface area contributed by atoms with Crippen LogP contribution in [0.4, 0.5) is 0 Å². The van der Waals surface area contributed by atoms with Crippen molar-refractivity contribution < 1.29 is 9.84 Å². The van der Waals surface area contributed by atoms with Crippen LogP contribution in [0.25, 0.3) is 0 Å². The third kappa shape index (κ3) is 2.87. The maximum Gasteiger partial charge on any atom is 0.121 e. The molecule has 1 N–H and O–H groups in total. The van der Waals surface area contributed by atoms with Crippen LogP contribution < -0.4 is 0 Å². The van der Waals surface area contributed by atoms with Gasteiger partial charge in [-0.25, -0.2) is 0 Å². The van der Waals surface area contributed by atoms with E-state index in [2.05, 4.69) is 5.92 Å². The SMILES string of the molecule is C#C[C@@H]1CC=CC[C@H](C(O)CC)O1. The van der Waals surface area contributed by atoms with Gasteiger partial charge in [-0.05, 0) is 12.8 Å². The van der Waals surface area contributed by atoms with Crippen molar-refractivity contribution in [3.8, 4) is 12.3 Å². The van der Waals surface area contributed by atoms with Crippen molar-refractivity contribution in [2.75, 3.05) is 0 Å². The zero-order chi connectivity index (χ0) is 9.68. The topological polar surface area (TPSA) is 29.5 Å². The van der Waals surface area contributed by atoms with E-state index in [1.54, 1.807) is 0 Å². The molecule has 1 rings (SSSR count). The maximum absolute atomic E-state index is 9.59. The van der Waals surface area contributed by atoms with Gasteiger partial charge in [0.25, 0.3) is 0 Å². The molecule has 1 aliphatic rings. The molecule has 2 nitrogen and oxygen atoms in total. The Labute approximate surface area is 79.6 Å². The van der Waals surface area contributed by atoms with Crippen LogP contribution in [-0.2, 0) is 4.74 Å². The number of hydrogen-bond donors (Lipinski definition) is 1. The molecule has 0 saturated carbocycles. The van der Waals surface area contributed by atoms with E-state index in [0.29, 0.717) is 6.42 Å². The fourth-order valence-corrected chi connectivity index (χ4v) is 1.39. The molecule has 3 atom stereocenters. The van der Waals surface area contributed by atoms with Gasteiger partial charge in [0.15, 0.2) is 0 Å². The van der Waals surface area contributed by atoms with Crippen LogP contribution in [0.2, 0.25) is 0 Å². The van der Waals surface area contributed by atoms with Crippen LogP contribution >= 0.6 is 0 Å². The molecular formula is C11H16O2. The normalized spacial score (nSPS) is 30.5. The molecule has 0 aliphatic carbocycles. The summed E-state index contributed by atoms with van der Waals surface area (Å²) < 4.78 is 5.56. The van der Waals surface area contributed by atoms with Crippen molar-refractivity contribution in [3.05, 3.63) is 12.2 Å². The van der Waals surface area contributed by atoms with Crippen molar-refractivity contribution in [1.29, 1.82) is 0 Å². The summed E-state index contributed by atoms with van der Waals surface area (Å²) in [5.74, 6) is 2.57. The van der Waals surface area contributed by atoms with Crippen LogP contribution in [-0.4, -0.2) is 23.4 Å². The number of terminal acetylenes is 1. The molecule has 0 spiro atoms. The first kappa shape index (κ1) is 10.3. The molecule has 72 valence electrons. The molecule has 2 heteroatoms. The average Bonchev–Trinajstić information content (AvgIpc) is 2.41. The van der Waals surface area contributed by atoms with Crippen molar-refractivity contribution in [1.82, 2.24) is 0 Å². The number of rotatable bonds is 2. The molecule has 1 aliphatic heterocycles. The van der Waals surface area contributed by atoms with Gasteiger partial charge in [0.1, 0.15) is 6.10 Å². The Morgan fingerprint density at radius 3 is 2.92 bits per heavy atom. The zero-order valence-electron chi connectivity index (χ0n) is 7.94. The highest BCUT2D eigenvalue weighted by molar-refractivity contribution is 5.03. The zero-order valence-corrected chi connectivity index (χ0v) is 7.94. The van der Waals surface area contributed by atoms with E-state index in [9.17, 15) is 5.11 Å². The minimum atomic E-state index is -0.404. The van der Waals surface area contributed by atoms with Crippen molar-refractivity contribution in [2.45, 2.75) is 44.5 Å². The summed E-state index contributed by atoms with van der Waals surface area (Å²) in [7, 11) is 0. The van der Waals surface area contributed by atoms with Gasteiger partial charge in [-0.2, -0.15) is 0 Å². The predicted octanol–water partition coefficient (Wildman–Crippen LogP) is 1.49. The second-order valence-electron chi connectivity index (χ2n) is 3.25. The molecule has 1 heterocycles. The summed E-state index contributed by atoms with van der Waals surface area (Å²) in [6.07, 6.45) is 10.8. The predicted molar refractivity (Wildman–Crippen MR) is 52.2 cm³/mol. The third-order valence-corrected chi connectivity index (χ3v) is 2.26. The summed E-state index contributed by atoms with van der Waals surface area (Å²) in [4.78, 5) is 0. The highest BCUT2D eigenvalue weighted by Crippen LogP contribution is 2.16. The van der Waals surface area contributed by atoms with E-state index >= 15 is 0 Å². The Hall–Kier alpha value is -0.780. The number of aliphatic hydroxyl groups is 1. The molecule has 0 fully saturated rings. The third-order valence-electron chi connectivity index (χ3n) is 2.26. The molecule has 13 heavy (non-hydrogen) atoms. The van der Waals surface area contributed by atoms with E-state index in [1.807, 2.05) is 19.1 Å². The molecule has 0 bridgehead atoms. The minimum absolute atomic E-state index is 0.134. The lowest BCUT2D eigenvalue weighted by Gasteiger charge is -2.22. The smallest absolute Gasteiger partial charge is 0.121 e. The van der Waals surface area contributed by atoms with Crippen LogP contribution in [0.1, 0.15) is 26.2 Å². The number of ether oxygens (including phenoxy) is 1. The Morgan fingerprint density at radius 1 is 1.62 bits per heavy atom. The molecule has 0 aromatic heterocycles. The second-order valence-corrected chi connectivity index (χ2v) is 3.25. The van der Waals surface area contributed by atoms with E-state index in [4.69, 9.17) is 11.2 Å². The van der Waals surface area contributed by atoms with Crippen molar-refractivity contribution in [3.63, 3.8) is 0 Å². The van der Waals surface area contributed by atoms with Gasteiger partial charge in [-0.1, -0.05) is 25.0 Å². The van der Waals surface area contributed by atoms with Crippen LogP contribution in [0, 0.1) is 12.3 Å². The molecule has 0 radical (unpaired) electrons. The van der Waals surface area contributed by atoms with Gasteiger partial charge >= 0.3 is 0 Å². The van der Waals surface area contributed by atoms with E-state index in [-0.39, 0.29) is 12.2 Å². The van der Waals surface area contributed by atoms with E-state index < -0.39 is 6.10 Å². The summed E-state index contributed by atoms with van der Waals surface area (Å²) in [6.45, 7) is 1.94. The summed E-state index contributed by atoms with van der Waals surface area (Å²) in [6, 6.07) is 0. The van der Waals surface area contributed by atoms with Gasteiger partial charge in [-0.15, -0.1) is 6.42 Å². The first-order valence-corrected chi connectivity index (χ1v) is 4.72. The first-order chi connectivity index (χ1) is 6.27. The van der Waals surface area contributed by atoms with Crippen molar-refractivity contribution in [2.24, 2.45) is 0 Å². The van der Waals surface area contributed by atoms with Gasteiger partial charge in [-0.3, -0.25) is 0 Å². The number of hydrogen-bond acceptors (Lipinski definition) is 2. The highest BCUT2D eigenvalue weighted by atomic mass is 16.5. The van der Waals surface area contributed by atoms with Gasteiger partial charge < -0.3 is 9.84 Å². The Bertz CT molecular complexity index is 215. The molecule has 0 aromatic rings. The highest BCUT2D eigenvalue weighted by Gasteiger charge is 2.21. The Morgan fingerprint density at radius 2 is 2.31 bits per heavy atom. The van der Waals surface area contributed by atoms with Gasteiger partial charge in [0.2, 0.25) is 0 Å². The average molecular weight is 180 g/mol. The maximum atomic E-state index is 9.59. The first-order valence-electron chi connectivity index (χ1n) is 4.72. The molecular weight excluding hydrogens is 164 g/mol. The van der Waals surface area contributed by atoms with E-state index in [1.165, 1.54) is 0 Å². The monoisotopic (exact) mass is 180 g/mol. The lowest BCUT2D eigenvalue weighted by Crippen LogP contribution is -2.30. The molecule has 0 amide bonds.